The third-order valence-corrected chi connectivity index (χ3v) is 5.31. The number of carbonyl (C=O) groups excluding carboxylic acids is 1. The number of anilines is 1. The van der Waals surface area contributed by atoms with Crippen LogP contribution in [-0.2, 0) is 0 Å². The van der Waals surface area contributed by atoms with Gasteiger partial charge in [0.25, 0.3) is 11.6 Å². The van der Waals surface area contributed by atoms with E-state index in [0.29, 0.717) is 16.1 Å². The Morgan fingerprint density at radius 2 is 1.70 bits per heavy atom. The molecule has 0 saturated carbocycles. The van der Waals surface area contributed by atoms with Crippen LogP contribution in [0.2, 0.25) is 0 Å². The van der Waals surface area contributed by atoms with E-state index in [1.165, 1.54) is 23.5 Å². The van der Waals surface area contributed by atoms with Crippen LogP contribution in [0.25, 0.3) is 21.2 Å². The molecule has 0 fully saturated rings. The summed E-state index contributed by atoms with van der Waals surface area (Å²) in [5.74, 6) is -0.200. The molecule has 1 N–H and O–H groups in total. The molecule has 3 aromatic carbocycles. The minimum Gasteiger partial charge on any atom is -0.321 e. The minimum absolute atomic E-state index is 0.0122. The summed E-state index contributed by atoms with van der Waals surface area (Å²) in [7, 11) is 0. The van der Waals surface area contributed by atoms with Gasteiger partial charge in [0.1, 0.15) is 0 Å². The average molecular weight is 374 g/mol. The van der Waals surface area contributed by atoms with Crippen LogP contribution >= 0.6 is 11.3 Å². The zero-order valence-corrected chi connectivity index (χ0v) is 14.9. The molecule has 4 aromatic rings. The first-order chi connectivity index (χ1) is 13.1. The van der Waals surface area contributed by atoms with E-state index < -0.39 is 4.92 Å². The molecule has 0 unspecified atom stereocenters. The molecular weight excluding hydrogens is 360 g/mol. The van der Waals surface area contributed by atoms with Crippen LogP contribution in [0, 0.1) is 10.1 Å². The van der Waals surface area contributed by atoms with Gasteiger partial charge < -0.3 is 5.32 Å². The number of benzene rings is 3. The second-order valence-electron chi connectivity index (χ2n) is 5.96. The maximum atomic E-state index is 12.7. The molecule has 0 bridgehead atoms. The van der Waals surface area contributed by atoms with Crippen molar-refractivity contribution >= 4 is 38.7 Å². The van der Waals surface area contributed by atoms with Crippen molar-refractivity contribution in [1.82, 2.24) is 0 Å². The van der Waals surface area contributed by atoms with Crippen molar-refractivity contribution in [3.8, 4) is 11.1 Å². The summed E-state index contributed by atoms with van der Waals surface area (Å²) in [6.07, 6.45) is 0. The molecule has 0 atom stereocenters. The second kappa shape index (κ2) is 7.01. The summed E-state index contributed by atoms with van der Waals surface area (Å²) in [6, 6.07) is 23.4. The number of carbonyl (C=O) groups is 1. The van der Waals surface area contributed by atoms with Gasteiger partial charge in [-0.1, -0.05) is 48.5 Å². The summed E-state index contributed by atoms with van der Waals surface area (Å²) >= 11 is 1.43. The normalized spacial score (nSPS) is 10.7. The van der Waals surface area contributed by atoms with Gasteiger partial charge in [0, 0.05) is 28.1 Å². The molecule has 1 heterocycles. The van der Waals surface area contributed by atoms with Crippen LogP contribution in [0.1, 0.15) is 9.67 Å². The highest BCUT2D eigenvalue weighted by molar-refractivity contribution is 7.20. The highest BCUT2D eigenvalue weighted by Crippen LogP contribution is 2.31. The first kappa shape index (κ1) is 16.9. The predicted octanol–water partition coefficient (Wildman–Crippen LogP) is 5.73. The van der Waals surface area contributed by atoms with E-state index in [0.717, 1.165) is 15.6 Å². The average Bonchev–Trinajstić information content (AvgIpc) is 3.13. The van der Waals surface area contributed by atoms with Crippen molar-refractivity contribution in [3.05, 3.63) is 93.9 Å². The van der Waals surface area contributed by atoms with E-state index in [2.05, 4.69) is 5.32 Å². The van der Waals surface area contributed by atoms with E-state index in [4.69, 9.17) is 0 Å². The lowest BCUT2D eigenvalue weighted by molar-refractivity contribution is -0.384. The Bertz CT molecular complexity index is 1130. The Labute approximate surface area is 159 Å². The molecule has 1 aromatic heterocycles. The van der Waals surface area contributed by atoms with Gasteiger partial charge in [-0.05, 0) is 29.1 Å². The maximum absolute atomic E-state index is 12.7. The second-order valence-corrected chi connectivity index (χ2v) is 7.04. The summed E-state index contributed by atoms with van der Waals surface area (Å²) in [5.41, 5.74) is 2.03. The Hall–Kier alpha value is -3.51. The SMILES string of the molecule is O=C(Nc1ccccc1-c1cccc([N+](=O)[O-])c1)c1cc2ccccc2s1. The van der Waals surface area contributed by atoms with Crippen molar-refractivity contribution in [1.29, 1.82) is 0 Å². The van der Waals surface area contributed by atoms with Gasteiger partial charge >= 0.3 is 0 Å². The van der Waals surface area contributed by atoms with Gasteiger partial charge in [0.05, 0.1) is 9.80 Å². The number of rotatable bonds is 4. The lowest BCUT2D eigenvalue weighted by atomic mass is 10.0. The maximum Gasteiger partial charge on any atom is 0.270 e. The van der Waals surface area contributed by atoms with Crippen LogP contribution in [0.4, 0.5) is 11.4 Å². The third-order valence-electron chi connectivity index (χ3n) is 4.19. The van der Waals surface area contributed by atoms with Crippen LogP contribution in [-0.4, -0.2) is 10.8 Å². The van der Waals surface area contributed by atoms with Gasteiger partial charge in [0.15, 0.2) is 0 Å². The topological polar surface area (TPSA) is 72.2 Å². The Morgan fingerprint density at radius 3 is 2.52 bits per heavy atom. The highest BCUT2D eigenvalue weighted by Gasteiger charge is 2.14. The highest BCUT2D eigenvalue weighted by atomic mass is 32.1. The number of nitro benzene ring substituents is 1. The van der Waals surface area contributed by atoms with Crippen LogP contribution in [0.15, 0.2) is 78.9 Å². The largest absolute Gasteiger partial charge is 0.321 e. The zero-order chi connectivity index (χ0) is 18.8. The molecule has 5 nitrogen and oxygen atoms in total. The number of amides is 1. The monoisotopic (exact) mass is 374 g/mol. The summed E-state index contributed by atoms with van der Waals surface area (Å²) in [5, 5.41) is 15.0. The van der Waals surface area contributed by atoms with E-state index in [1.54, 1.807) is 18.2 Å². The number of nitrogens with zero attached hydrogens (tertiary/aromatic N) is 1. The van der Waals surface area contributed by atoms with Gasteiger partial charge in [-0.3, -0.25) is 14.9 Å². The molecule has 132 valence electrons. The number of para-hydroxylation sites is 1. The third kappa shape index (κ3) is 3.43. The molecule has 0 saturated heterocycles. The molecule has 6 heteroatoms. The molecule has 0 aliphatic rings. The number of non-ortho nitro benzene ring substituents is 1. The molecule has 0 radical (unpaired) electrons. The van der Waals surface area contributed by atoms with E-state index in [-0.39, 0.29) is 11.6 Å². The van der Waals surface area contributed by atoms with E-state index >= 15 is 0 Å². The number of hydrogen-bond donors (Lipinski definition) is 1. The fraction of sp³-hybridized carbons (Fsp3) is 0. The van der Waals surface area contributed by atoms with Crippen molar-refractivity contribution in [3.63, 3.8) is 0 Å². The number of fused-ring (bicyclic) bond motifs is 1. The molecule has 1 amide bonds. The molecular formula is C21H14N2O3S. The fourth-order valence-electron chi connectivity index (χ4n) is 2.91. The van der Waals surface area contributed by atoms with Crippen LogP contribution < -0.4 is 5.32 Å². The van der Waals surface area contributed by atoms with Gasteiger partial charge in [-0.15, -0.1) is 11.3 Å². The van der Waals surface area contributed by atoms with Gasteiger partial charge in [-0.25, -0.2) is 0 Å². The summed E-state index contributed by atoms with van der Waals surface area (Å²) < 4.78 is 1.05. The fourth-order valence-corrected chi connectivity index (χ4v) is 3.87. The van der Waals surface area contributed by atoms with Crippen LogP contribution in [0.3, 0.4) is 0 Å². The molecule has 0 spiro atoms. The molecule has 0 aliphatic heterocycles. The summed E-state index contributed by atoms with van der Waals surface area (Å²) in [6.45, 7) is 0. The zero-order valence-electron chi connectivity index (χ0n) is 14.1. The smallest absolute Gasteiger partial charge is 0.270 e. The Balaban J connectivity index is 1.68. The summed E-state index contributed by atoms with van der Waals surface area (Å²) in [4.78, 5) is 24.0. The number of thiophene rings is 1. The lowest BCUT2D eigenvalue weighted by Gasteiger charge is -2.10. The quantitative estimate of drug-likeness (QED) is 0.366. The van der Waals surface area contributed by atoms with Crippen molar-refractivity contribution in [2.75, 3.05) is 5.32 Å². The van der Waals surface area contributed by atoms with Crippen molar-refractivity contribution in [2.45, 2.75) is 0 Å². The van der Waals surface area contributed by atoms with Crippen molar-refractivity contribution in [2.24, 2.45) is 0 Å². The number of hydrogen-bond acceptors (Lipinski definition) is 4. The Kier molecular flexibility index (Phi) is 4.40. The molecule has 4 rings (SSSR count). The minimum atomic E-state index is -0.429. The van der Waals surface area contributed by atoms with Crippen molar-refractivity contribution < 1.29 is 9.72 Å². The van der Waals surface area contributed by atoms with E-state index in [9.17, 15) is 14.9 Å². The van der Waals surface area contributed by atoms with Crippen LogP contribution in [0.5, 0.6) is 0 Å². The standard InChI is InChI=1S/C21H14N2O3S/c24-21(20-13-15-6-1-4-11-19(15)27-20)22-18-10-3-2-9-17(18)14-7-5-8-16(12-14)23(25)26/h1-13H,(H,22,24). The lowest BCUT2D eigenvalue weighted by Crippen LogP contribution is -2.10. The number of nitrogens with one attached hydrogen (secondary N) is 1. The van der Waals surface area contributed by atoms with Gasteiger partial charge in [-0.2, -0.15) is 0 Å². The molecule has 0 aliphatic carbocycles. The molecule has 27 heavy (non-hydrogen) atoms. The predicted molar refractivity (Wildman–Crippen MR) is 108 cm³/mol. The van der Waals surface area contributed by atoms with E-state index in [1.807, 2.05) is 48.5 Å². The number of nitro groups is 1. The Morgan fingerprint density at radius 1 is 0.926 bits per heavy atom. The first-order valence-corrected chi connectivity index (χ1v) is 9.07. The first-order valence-electron chi connectivity index (χ1n) is 8.25. The van der Waals surface area contributed by atoms with Gasteiger partial charge in [0.2, 0.25) is 0 Å².